The summed E-state index contributed by atoms with van der Waals surface area (Å²) in [6.07, 6.45) is 6.08. The van der Waals surface area contributed by atoms with Crippen molar-refractivity contribution < 1.29 is 38.1 Å². The highest BCUT2D eigenvalue weighted by atomic mass is 19.1. The lowest BCUT2D eigenvalue weighted by molar-refractivity contribution is 0.0683. The fraction of sp³-hybridized carbons (Fsp3) is 0.477. The number of nitrogens with one attached hydrogen (secondary N) is 1. The monoisotopic (exact) mass is 931 g/mol. The molecule has 2 fully saturated rings. The Morgan fingerprint density at radius 2 is 1.22 bits per heavy atom. The van der Waals surface area contributed by atoms with Gasteiger partial charge in [-0.1, -0.05) is 12.8 Å². The molecule has 6 heterocycles. The molecule has 0 bridgehead atoms. The molecule has 9 N–H and O–H groups in total. The Morgan fingerprint density at radius 1 is 0.731 bits per heavy atom. The lowest BCUT2D eigenvalue weighted by Crippen LogP contribution is -2.52. The summed E-state index contributed by atoms with van der Waals surface area (Å²) in [7, 11) is 0. The summed E-state index contributed by atoms with van der Waals surface area (Å²) in [6.45, 7) is 9.18. The van der Waals surface area contributed by atoms with Crippen LogP contribution in [0.25, 0.3) is 21.8 Å². The van der Waals surface area contributed by atoms with Gasteiger partial charge in [-0.25, -0.2) is 23.4 Å². The summed E-state index contributed by atoms with van der Waals surface area (Å²) in [4.78, 5) is 70.1. The average Bonchev–Trinajstić information content (AvgIpc) is 3.30. The summed E-state index contributed by atoms with van der Waals surface area (Å²) in [5, 5.41) is 22.2. The summed E-state index contributed by atoms with van der Waals surface area (Å²) < 4.78 is 46.7. The number of anilines is 2. The number of nitrogens with two attached hydrogens (primary N) is 3. The highest BCUT2D eigenvalue weighted by molar-refractivity contribution is 5.99. The molecule has 0 spiro atoms. The van der Waals surface area contributed by atoms with Crippen molar-refractivity contribution in [2.45, 2.75) is 51.6 Å². The molecule has 67 heavy (non-hydrogen) atoms. The zero-order valence-electron chi connectivity index (χ0n) is 37.3. The maximum Gasteiger partial charge on any atom is 0.341 e. The number of ether oxygens (including phenoxy) is 2. The number of guanidine groups is 3. The first-order valence-corrected chi connectivity index (χ1v) is 22.3. The van der Waals surface area contributed by atoms with Crippen LogP contribution in [0.5, 0.6) is 11.5 Å². The zero-order chi connectivity index (χ0) is 47.7. The number of aromatic nitrogens is 2. The van der Waals surface area contributed by atoms with E-state index < -0.39 is 45.6 Å². The first kappa shape index (κ1) is 46.4. The lowest BCUT2D eigenvalue weighted by atomic mass is 10.1. The molecule has 4 aliphatic heterocycles. The molecule has 2 atom stereocenters. The highest BCUT2D eigenvalue weighted by Gasteiger charge is 2.33. The molecule has 4 aromatic rings. The van der Waals surface area contributed by atoms with E-state index in [1.54, 1.807) is 9.13 Å². The number of hydrogen-bond acceptors (Lipinski definition) is 11. The number of nitrogens with zero attached hydrogens (tertiary/aromatic N) is 9. The number of benzene rings is 2. The second kappa shape index (κ2) is 19.4. The maximum atomic E-state index is 15.7. The molecule has 358 valence electrons. The lowest BCUT2D eigenvalue weighted by Gasteiger charge is -2.38. The van der Waals surface area contributed by atoms with Gasteiger partial charge in [-0.05, 0) is 38.8 Å². The molecule has 0 aliphatic carbocycles. The Hall–Kier alpha value is -7.17. The van der Waals surface area contributed by atoms with Gasteiger partial charge in [0.2, 0.25) is 16.8 Å². The van der Waals surface area contributed by atoms with Crippen molar-refractivity contribution in [3.63, 3.8) is 0 Å². The number of carboxylic acid groups (broad SMARTS) is 2. The van der Waals surface area contributed by atoms with E-state index in [0.717, 1.165) is 37.8 Å². The molecular formula is C44H55F2N13O8. The minimum atomic E-state index is -1.38. The number of aliphatic imine (C=N–C) groups is 3. The number of carboxylic acids is 2. The van der Waals surface area contributed by atoms with Crippen molar-refractivity contribution in [1.29, 1.82) is 0 Å². The van der Waals surface area contributed by atoms with Gasteiger partial charge in [0.25, 0.3) is 0 Å². The molecule has 8 rings (SSSR count). The van der Waals surface area contributed by atoms with Gasteiger partial charge >= 0.3 is 11.9 Å². The second-order valence-corrected chi connectivity index (χ2v) is 17.2. The predicted molar refractivity (Wildman–Crippen MR) is 249 cm³/mol. The van der Waals surface area contributed by atoms with Crippen molar-refractivity contribution in [3.05, 3.63) is 67.7 Å². The van der Waals surface area contributed by atoms with E-state index in [1.807, 2.05) is 28.5 Å². The van der Waals surface area contributed by atoms with Crippen LogP contribution in [0.15, 0.2) is 49.1 Å². The van der Waals surface area contributed by atoms with Gasteiger partial charge in [-0.15, -0.1) is 0 Å². The van der Waals surface area contributed by atoms with E-state index in [2.05, 4.69) is 25.2 Å². The third-order valence-corrected chi connectivity index (χ3v) is 12.7. The molecule has 2 aromatic heterocycles. The number of carbonyl (C=O) groups is 2. The minimum Gasteiger partial charge on any atom is -0.487 e. The number of pyridine rings is 2. The van der Waals surface area contributed by atoms with Gasteiger partial charge in [-0.3, -0.25) is 19.5 Å². The van der Waals surface area contributed by atoms with E-state index >= 15 is 8.78 Å². The molecule has 21 nitrogen and oxygen atoms in total. The molecule has 0 amide bonds. The molecule has 2 aromatic carbocycles. The van der Waals surface area contributed by atoms with E-state index in [9.17, 15) is 29.4 Å². The predicted octanol–water partition coefficient (Wildman–Crippen LogP) is 1.89. The van der Waals surface area contributed by atoms with Gasteiger partial charge in [-0.2, -0.15) is 4.99 Å². The summed E-state index contributed by atoms with van der Waals surface area (Å²) in [5.41, 5.74) is 17.4. The van der Waals surface area contributed by atoms with Crippen molar-refractivity contribution in [1.82, 2.24) is 24.3 Å². The standard InChI is InChI=1S/C44H55F2N13O8/c1-24-21-66-38-32-26(36(60)28(40(62)63)19-58(24)32)17-30(45)34(38)55-11-9-54(10-12-55)23-52-42(47)50-7-5-3-4-6-8-51-43(48)53-44(49)57-15-13-56(14-16-57)35-31(46)18-27-33-39(35)67-22-25(2)59(33)20-29(37(27)61)41(64)65/h17-20,24-25H,3-16,21-23H2,1-2H3,(H,62,63)(H,64,65)(H3,47,50,52)(H4,48,49,51,53). The number of piperazine rings is 2. The third-order valence-electron chi connectivity index (χ3n) is 12.7. The summed E-state index contributed by atoms with van der Waals surface area (Å²) in [6, 6.07) is 1.69. The first-order valence-electron chi connectivity index (χ1n) is 22.3. The van der Waals surface area contributed by atoms with Crippen LogP contribution in [0.1, 0.15) is 72.3 Å². The van der Waals surface area contributed by atoms with Gasteiger partial charge < -0.3 is 66.0 Å². The second-order valence-electron chi connectivity index (χ2n) is 17.2. The normalized spacial score (nSPS) is 19.2. The van der Waals surface area contributed by atoms with Crippen molar-refractivity contribution in [3.8, 4) is 11.5 Å². The van der Waals surface area contributed by atoms with Gasteiger partial charge in [0.15, 0.2) is 35.1 Å². The van der Waals surface area contributed by atoms with Crippen molar-refractivity contribution in [2.75, 3.05) is 95.1 Å². The van der Waals surface area contributed by atoms with Crippen LogP contribution in [0.2, 0.25) is 0 Å². The Morgan fingerprint density at radius 3 is 1.73 bits per heavy atom. The van der Waals surface area contributed by atoms with Crippen molar-refractivity contribution >= 4 is 63.0 Å². The largest absolute Gasteiger partial charge is 0.487 e. The molecule has 0 radical (unpaired) electrons. The molecule has 2 saturated heterocycles. The topological polar surface area (TPSA) is 277 Å². The van der Waals surface area contributed by atoms with Gasteiger partial charge in [0, 0.05) is 77.8 Å². The average molecular weight is 932 g/mol. The first-order chi connectivity index (χ1) is 32.1. The molecule has 2 unspecified atom stereocenters. The smallest absolute Gasteiger partial charge is 0.341 e. The fourth-order valence-corrected chi connectivity index (χ4v) is 9.05. The van der Waals surface area contributed by atoms with Crippen LogP contribution in [-0.4, -0.2) is 144 Å². The van der Waals surface area contributed by atoms with E-state index in [4.69, 9.17) is 26.7 Å². The molecule has 0 saturated carbocycles. The number of aromatic carboxylic acids is 2. The molecule has 23 heteroatoms. The van der Waals surface area contributed by atoms with E-state index in [0.29, 0.717) is 89.1 Å². The van der Waals surface area contributed by atoms with Crippen LogP contribution < -0.4 is 52.6 Å². The molecular weight excluding hydrogens is 877 g/mol. The Balaban J connectivity index is 0.742. The minimum absolute atomic E-state index is 0.0221. The van der Waals surface area contributed by atoms with Crippen LogP contribution in [0.3, 0.4) is 0 Å². The van der Waals surface area contributed by atoms with Crippen molar-refractivity contribution in [2.24, 2.45) is 32.2 Å². The summed E-state index contributed by atoms with van der Waals surface area (Å²) in [5.74, 6) is -3.03. The van der Waals surface area contributed by atoms with Crippen LogP contribution in [-0.2, 0) is 0 Å². The molecule has 4 aliphatic rings. The van der Waals surface area contributed by atoms with Crippen LogP contribution >= 0.6 is 0 Å². The van der Waals surface area contributed by atoms with E-state index in [1.165, 1.54) is 12.4 Å². The maximum absolute atomic E-state index is 15.7. The number of unbranched alkanes of at least 4 members (excludes halogenated alkanes) is 3. The number of hydrogen-bond donors (Lipinski definition) is 6. The quantitative estimate of drug-likeness (QED) is 0.0635. The SMILES string of the molecule is CC1COc2c(N3CCN(C/N=C(\N)NCCCCCCN=C(N)/N=C(\N)N4CCN(c5c(F)cc6c(=O)c(C(=O)O)cn7c6c5OCC7C)CC4)CC3)c(F)cc3c(=O)c(C(=O)O)cn1c23. The van der Waals surface area contributed by atoms with E-state index in [-0.39, 0.29) is 70.9 Å². The van der Waals surface area contributed by atoms with Crippen LogP contribution in [0.4, 0.5) is 20.2 Å². The third kappa shape index (κ3) is 9.31. The Bertz CT molecular complexity index is 2810. The van der Waals surface area contributed by atoms with Crippen LogP contribution in [0, 0.1) is 11.6 Å². The number of halogens is 2. The summed E-state index contributed by atoms with van der Waals surface area (Å²) >= 11 is 0. The van der Waals surface area contributed by atoms with Gasteiger partial charge in [0.1, 0.15) is 35.7 Å². The Kier molecular flexibility index (Phi) is 13.4. The fourth-order valence-electron chi connectivity index (χ4n) is 9.05. The highest BCUT2D eigenvalue weighted by Crippen LogP contribution is 2.43. The zero-order valence-corrected chi connectivity index (χ0v) is 37.3. The van der Waals surface area contributed by atoms with Gasteiger partial charge in [0.05, 0.1) is 40.6 Å². The Labute approximate surface area is 382 Å². The number of rotatable bonds is 13.